The quantitative estimate of drug-likeness (QED) is 0.823. The molecule has 0 aromatic heterocycles. The van der Waals surface area contributed by atoms with Gasteiger partial charge in [0.15, 0.2) is 17.7 Å². The van der Waals surface area contributed by atoms with E-state index >= 15 is 0 Å². The van der Waals surface area contributed by atoms with Gasteiger partial charge in [-0.25, -0.2) is 9.82 Å². The molecule has 1 amide bonds. The summed E-state index contributed by atoms with van der Waals surface area (Å²) in [4.78, 5) is 11.4. The van der Waals surface area contributed by atoms with Crippen molar-refractivity contribution in [2.24, 2.45) is 5.10 Å². The molecule has 2 aromatic rings. The second-order valence-corrected chi connectivity index (χ2v) is 6.50. The van der Waals surface area contributed by atoms with Crippen molar-refractivity contribution in [1.29, 1.82) is 5.26 Å². The van der Waals surface area contributed by atoms with Gasteiger partial charge in [-0.3, -0.25) is 4.79 Å². The van der Waals surface area contributed by atoms with E-state index in [2.05, 4.69) is 10.5 Å². The lowest BCUT2D eigenvalue weighted by Crippen LogP contribution is -2.39. The van der Waals surface area contributed by atoms with Gasteiger partial charge in [0.25, 0.3) is 5.91 Å². The summed E-state index contributed by atoms with van der Waals surface area (Å²) in [5.41, 5.74) is 2.78. The van der Waals surface area contributed by atoms with Crippen molar-refractivity contribution in [1.82, 2.24) is 5.43 Å². The van der Waals surface area contributed by atoms with Gasteiger partial charge in [-0.05, 0) is 31.2 Å². The van der Waals surface area contributed by atoms with E-state index in [1.165, 1.54) is 30.3 Å². The lowest BCUT2D eigenvalue weighted by molar-refractivity contribution is -0.129. The number of halogens is 3. The number of rotatable bonds is 4. The van der Waals surface area contributed by atoms with E-state index in [1.54, 1.807) is 6.92 Å². The van der Waals surface area contributed by atoms with Gasteiger partial charge >= 0.3 is 0 Å². The molecular weight excluding hydrogens is 396 g/mol. The Balaban J connectivity index is 1.89. The zero-order valence-electron chi connectivity index (χ0n) is 13.9. The summed E-state index contributed by atoms with van der Waals surface area (Å²) in [7, 11) is 0. The monoisotopic (exact) mass is 407 g/mol. The summed E-state index contributed by atoms with van der Waals surface area (Å²) in [6.07, 6.45) is -0.734. The molecule has 0 radical (unpaired) electrons. The van der Waals surface area contributed by atoms with Crippen molar-refractivity contribution in [3.63, 3.8) is 0 Å². The first-order valence-corrected chi connectivity index (χ1v) is 8.51. The average Bonchev–Trinajstić information content (AvgIpc) is 2.63. The number of amides is 1. The Morgan fingerprint density at radius 3 is 2.85 bits per heavy atom. The lowest BCUT2D eigenvalue weighted by Gasteiger charge is -2.20. The van der Waals surface area contributed by atoms with Crippen molar-refractivity contribution < 1.29 is 18.7 Å². The highest BCUT2D eigenvalue weighted by molar-refractivity contribution is 6.32. The largest absolute Gasteiger partial charge is 0.466 e. The van der Waals surface area contributed by atoms with Crippen LogP contribution < -0.4 is 10.2 Å². The van der Waals surface area contributed by atoms with E-state index in [9.17, 15) is 9.18 Å². The predicted molar refractivity (Wildman–Crippen MR) is 97.5 cm³/mol. The first kappa shape index (κ1) is 19.0. The molecular formula is C18H12Cl2FN3O3. The highest BCUT2D eigenvalue weighted by Crippen LogP contribution is 2.35. The first-order valence-electron chi connectivity index (χ1n) is 7.76. The van der Waals surface area contributed by atoms with Crippen LogP contribution in [0.15, 0.2) is 35.4 Å². The fraction of sp³-hybridized carbons (Fsp3) is 0.167. The minimum absolute atomic E-state index is 0.0109. The van der Waals surface area contributed by atoms with Gasteiger partial charge in [0.05, 0.1) is 23.1 Å². The minimum Gasteiger partial charge on any atom is -0.466 e. The van der Waals surface area contributed by atoms with Crippen molar-refractivity contribution in [3.05, 3.63) is 57.3 Å². The zero-order valence-corrected chi connectivity index (χ0v) is 15.4. The Hall–Kier alpha value is -2.82. The Morgan fingerprint density at radius 1 is 1.37 bits per heavy atom. The molecule has 0 bridgehead atoms. The molecule has 3 rings (SSSR count). The fourth-order valence-electron chi connectivity index (χ4n) is 2.34. The summed E-state index contributed by atoms with van der Waals surface area (Å²) in [5.74, 6) is -0.979. The van der Waals surface area contributed by atoms with Gasteiger partial charge < -0.3 is 9.47 Å². The Kier molecular flexibility index (Phi) is 5.49. The maximum Gasteiger partial charge on any atom is 0.280 e. The molecule has 2 aromatic carbocycles. The lowest BCUT2D eigenvalue weighted by atomic mass is 10.1. The number of carbonyl (C=O) groups is 1. The van der Waals surface area contributed by atoms with Gasteiger partial charge in [-0.1, -0.05) is 29.3 Å². The highest BCUT2D eigenvalue weighted by atomic mass is 35.5. The fourth-order valence-corrected chi connectivity index (χ4v) is 2.75. The van der Waals surface area contributed by atoms with Crippen LogP contribution in [-0.2, 0) is 16.0 Å². The number of nitriles is 1. The summed E-state index contributed by atoms with van der Waals surface area (Å²) in [5, 5.41) is 13.1. The van der Waals surface area contributed by atoms with Gasteiger partial charge in [0.2, 0.25) is 5.90 Å². The van der Waals surface area contributed by atoms with E-state index in [1.807, 2.05) is 6.07 Å². The van der Waals surface area contributed by atoms with Gasteiger partial charge in [-0.2, -0.15) is 5.26 Å². The zero-order chi connectivity index (χ0) is 19.6. The summed E-state index contributed by atoms with van der Waals surface area (Å²) >= 11 is 12.0. The van der Waals surface area contributed by atoms with Crippen LogP contribution in [0.3, 0.4) is 0 Å². The molecule has 0 spiro atoms. The third kappa shape index (κ3) is 4.30. The summed E-state index contributed by atoms with van der Waals surface area (Å²) in [6.45, 7) is 1.56. The van der Waals surface area contributed by atoms with Crippen molar-refractivity contribution >= 4 is 35.0 Å². The van der Waals surface area contributed by atoms with Crippen LogP contribution in [-0.4, -0.2) is 17.9 Å². The van der Waals surface area contributed by atoms with E-state index < -0.39 is 11.9 Å². The van der Waals surface area contributed by atoms with Crippen molar-refractivity contribution in [2.45, 2.75) is 19.4 Å². The van der Waals surface area contributed by atoms with Crippen LogP contribution in [0.2, 0.25) is 10.0 Å². The van der Waals surface area contributed by atoms with Crippen LogP contribution in [0.25, 0.3) is 0 Å². The number of carbonyl (C=O) groups excluding carboxylic acids is 1. The molecule has 0 saturated heterocycles. The van der Waals surface area contributed by atoms with Crippen molar-refractivity contribution in [2.75, 3.05) is 0 Å². The average molecular weight is 408 g/mol. The van der Waals surface area contributed by atoms with Gasteiger partial charge in [0.1, 0.15) is 5.75 Å². The second kappa shape index (κ2) is 7.82. The summed E-state index contributed by atoms with van der Waals surface area (Å²) in [6, 6.07) is 9.19. The van der Waals surface area contributed by atoms with Gasteiger partial charge in [-0.15, -0.1) is 5.10 Å². The maximum absolute atomic E-state index is 14.9. The Labute approximate surface area is 164 Å². The van der Waals surface area contributed by atoms with Crippen LogP contribution in [0.4, 0.5) is 4.39 Å². The predicted octanol–water partition coefficient (Wildman–Crippen LogP) is 4.19. The SMILES string of the molecule is CC1OC(Cc2ccc(Cl)c(Oc3cc(Cl)cc(C#N)c3)c2F)=NNC1=O. The Bertz CT molecular complexity index is 989. The van der Waals surface area contributed by atoms with Crippen LogP contribution in [0.1, 0.15) is 18.1 Å². The molecule has 0 saturated carbocycles. The number of ether oxygens (including phenoxy) is 2. The summed E-state index contributed by atoms with van der Waals surface area (Å²) < 4.78 is 25.8. The number of hydrogen-bond acceptors (Lipinski definition) is 5. The third-order valence-electron chi connectivity index (χ3n) is 3.66. The minimum atomic E-state index is -0.723. The van der Waals surface area contributed by atoms with Crippen LogP contribution in [0.5, 0.6) is 11.5 Å². The van der Waals surface area contributed by atoms with Crippen LogP contribution >= 0.6 is 23.2 Å². The highest BCUT2D eigenvalue weighted by Gasteiger charge is 2.24. The van der Waals surface area contributed by atoms with E-state index in [0.717, 1.165) is 0 Å². The van der Waals surface area contributed by atoms with E-state index in [-0.39, 0.29) is 50.9 Å². The topological polar surface area (TPSA) is 83.7 Å². The number of hydrazone groups is 1. The molecule has 27 heavy (non-hydrogen) atoms. The van der Waals surface area contributed by atoms with Crippen molar-refractivity contribution in [3.8, 4) is 17.6 Å². The maximum atomic E-state index is 14.9. The molecule has 1 atom stereocenters. The van der Waals surface area contributed by atoms with Gasteiger partial charge in [0, 0.05) is 10.6 Å². The number of benzene rings is 2. The molecule has 1 heterocycles. The molecule has 138 valence electrons. The molecule has 9 heteroatoms. The normalized spacial score (nSPS) is 16.0. The number of nitrogens with one attached hydrogen (secondary N) is 1. The number of nitrogens with zero attached hydrogens (tertiary/aromatic N) is 2. The van der Waals surface area contributed by atoms with E-state index in [0.29, 0.717) is 0 Å². The number of hydrogen-bond donors (Lipinski definition) is 1. The Morgan fingerprint density at radius 2 is 2.15 bits per heavy atom. The standard InChI is InChI=1S/C18H12Cl2FN3O3/c1-9-18(25)24-23-15(26-9)6-11-2-3-14(20)17(16(11)21)27-13-5-10(8-22)4-12(19)7-13/h2-5,7,9H,6H2,1H3,(H,24,25). The molecule has 1 aliphatic heterocycles. The molecule has 1 N–H and O–H groups in total. The smallest absolute Gasteiger partial charge is 0.280 e. The second-order valence-electron chi connectivity index (χ2n) is 5.66. The van der Waals surface area contributed by atoms with Crippen LogP contribution in [0, 0.1) is 17.1 Å². The first-order chi connectivity index (χ1) is 12.9. The third-order valence-corrected chi connectivity index (χ3v) is 4.18. The molecule has 1 unspecified atom stereocenters. The molecule has 0 aliphatic carbocycles. The molecule has 1 aliphatic rings. The van der Waals surface area contributed by atoms with E-state index in [4.69, 9.17) is 37.9 Å². The molecule has 0 fully saturated rings. The molecule has 6 nitrogen and oxygen atoms in total.